The highest BCUT2D eigenvalue weighted by Crippen LogP contribution is 2.31. The van der Waals surface area contributed by atoms with Crippen molar-refractivity contribution >= 4 is 11.6 Å². The fourth-order valence-corrected chi connectivity index (χ4v) is 3.49. The molecule has 1 saturated heterocycles. The Kier molecular flexibility index (Phi) is 3.95. The van der Waals surface area contributed by atoms with E-state index < -0.39 is 0 Å². The molecule has 0 aliphatic carbocycles. The van der Waals surface area contributed by atoms with Gasteiger partial charge in [0.1, 0.15) is 0 Å². The number of anilines is 1. The molecule has 0 aromatic heterocycles. The second-order valence-electron chi connectivity index (χ2n) is 6.07. The average molecular weight is 272 g/mol. The number of piperidine rings is 1. The summed E-state index contributed by atoms with van der Waals surface area (Å²) in [6.07, 6.45) is 5.39. The third-order valence-corrected chi connectivity index (χ3v) is 4.62. The lowest BCUT2D eigenvalue weighted by molar-refractivity contribution is -0.131. The first-order valence-corrected chi connectivity index (χ1v) is 7.88. The first kappa shape index (κ1) is 13.5. The summed E-state index contributed by atoms with van der Waals surface area (Å²) in [4.78, 5) is 16.7. The first-order valence-electron chi connectivity index (χ1n) is 7.88. The Hall–Kier alpha value is -1.51. The van der Waals surface area contributed by atoms with Crippen LogP contribution in [0.5, 0.6) is 0 Å². The van der Waals surface area contributed by atoms with E-state index in [-0.39, 0.29) is 0 Å². The molecular weight excluding hydrogens is 248 g/mol. The summed E-state index contributed by atoms with van der Waals surface area (Å²) in [6.45, 7) is 5.04. The van der Waals surface area contributed by atoms with Gasteiger partial charge in [0.15, 0.2) is 0 Å². The Morgan fingerprint density at radius 3 is 2.75 bits per heavy atom. The third-order valence-electron chi connectivity index (χ3n) is 4.62. The number of amides is 1. The minimum Gasteiger partial charge on any atom is -0.368 e. The van der Waals surface area contributed by atoms with Crippen molar-refractivity contribution in [2.75, 3.05) is 24.5 Å². The summed E-state index contributed by atoms with van der Waals surface area (Å²) in [5.74, 6) is 0.335. The molecule has 3 rings (SSSR count). The van der Waals surface area contributed by atoms with Gasteiger partial charge in [-0.2, -0.15) is 0 Å². The number of fused-ring (bicyclic) bond motifs is 1. The second-order valence-corrected chi connectivity index (χ2v) is 6.07. The Morgan fingerprint density at radius 1 is 1.20 bits per heavy atom. The van der Waals surface area contributed by atoms with Crippen molar-refractivity contribution in [3.05, 3.63) is 29.8 Å². The van der Waals surface area contributed by atoms with E-state index in [4.69, 9.17) is 0 Å². The van der Waals surface area contributed by atoms with Crippen LogP contribution in [-0.4, -0.2) is 36.5 Å². The van der Waals surface area contributed by atoms with Gasteiger partial charge in [0.25, 0.3) is 0 Å². The smallest absolute Gasteiger partial charge is 0.224 e. The third kappa shape index (κ3) is 2.67. The quantitative estimate of drug-likeness (QED) is 0.844. The SMILES string of the molecule is CC1Cc2ccccc2N1CCC(=O)N1CCCCC1. The molecule has 1 aromatic rings. The van der Waals surface area contributed by atoms with Crippen LogP contribution in [0.3, 0.4) is 0 Å². The zero-order valence-electron chi connectivity index (χ0n) is 12.3. The number of carbonyl (C=O) groups excluding carboxylic acids is 1. The van der Waals surface area contributed by atoms with E-state index in [2.05, 4.69) is 41.0 Å². The molecule has 2 aliphatic rings. The van der Waals surface area contributed by atoms with Gasteiger partial charge in [-0.05, 0) is 44.2 Å². The fourth-order valence-electron chi connectivity index (χ4n) is 3.49. The van der Waals surface area contributed by atoms with E-state index >= 15 is 0 Å². The highest BCUT2D eigenvalue weighted by Gasteiger charge is 2.26. The molecule has 0 saturated carbocycles. The van der Waals surface area contributed by atoms with Gasteiger partial charge >= 0.3 is 0 Å². The van der Waals surface area contributed by atoms with Crippen LogP contribution in [0.1, 0.15) is 38.2 Å². The standard InChI is InChI=1S/C17H24N2O/c1-14-13-15-7-3-4-8-16(15)19(14)12-9-17(20)18-10-5-2-6-11-18/h3-4,7-8,14H,2,5-6,9-13H2,1H3. The predicted molar refractivity (Wildman–Crippen MR) is 82.0 cm³/mol. The number of hydrogen-bond acceptors (Lipinski definition) is 2. The zero-order chi connectivity index (χ0) is 13.9. The first-order chi connectivity index (χ1) is 9.75. The van der Waals surface area contributed by atoms with Gasteiger partial charge < -0.3 is 9.80 Å². The van der Waals surface area contributed by atoms with Crippen LogP contribution in [0.2, 0.25) is 0 Å². The molecule has 0 bridgehead atoms. The predicted octanol–water partition coefficient (Wildman–Crippen LogP) is 2.84. The van der Waals surface area contributed by atoms with E-state index in [0.717, 1.165) is 26.1 Å². The number of carbonyl (C=O) groups is 1. The van der Waals surface area contributed by atoms with Crippen molar-refractivity contribution in [3.8, 4) is 0 Å². The molecule has 108 valence electrons. The second kappa shape index (κ2) is 5.86. The minimum absolute atomic E-state index is 0.335. The highest BCUT2D eigenvalue weighted by molar-refractivity contribution is 5.77. The van der Waals surface area contributed by atoms with Crippen LogP contribution in [-0.2, 0) is 11.2 Å². The maximum absolute atomic E-state index is 12.3. The summed E-state index contributed by atoms with van der Waals surface area (Å²) in [7, 11) is 0. The van der Waals surface area contributed by atoms with Crippen molar-refractivity contribution in [2.24, 2.45) is 0 Å². The lowest BCUT2D eigenvalue weighted by Gasteiger charge is -2.29. The molecule has 1 unspecified atom stereocenters. The molecule has 1 aromatic carbocycles. The van der Waals surface area contributed by atoms with Crippen LogP contribution in [0, 0.1) is 0 Å². The molecule has 2 aliphatic heterocycles. The fraction of sp³-hybridized carbons (Fsp3) is 0.588. The van der Waals surface area contributed by atoms with Gasteiger partial charge in [0.05, 0.1) is 0 Å². The number of likely N-dealkylation sites (tertiary alicyclic amines) is 1. The van der Waals surface area contributed by atoms with E-state index in [9.17, 15) is 4.79 Å². The minimum atomic E-state index is 0.335. The van der Waals surface area contributed by atoms with Crippen molar-refractivity contribution in [3.63, 3.8) is 0 Å². The lowest BCUT2D eigenvalue weighted by Crippen LogP contribution is -2.39. The highest BCUT2D eigenvalue weighted by atomic mass is 16.2. The Balaban J connectivity index is 1.59. The molecule has 0 radical (unpaired) electrons. The van der Waals surface area contributed by atoms with Gasteiger partial charge in [0.2, 0.25) is 5.91 Å². The van der Waals surface area contributed by atoms with Crippen molar-refractivity contribution < 1.29 is 4.79 Å². The van der Waals surface area contributed by atoms with Crippen LogP contribution >= 0.6 is 0 Å². The van der Waals surface area contributed by atoms with Crippen LogP contribution in [0.15, 0.2) is 24.3 Å². The van der Waals surface area contributed by atoms with E-state index in [1.54, 1.807) is 0 Å². The molecule has 1 fully saturated rings. The van der Waals surface area contributed by atoms with Gasteiger partial charge in [0, 0.05) is 37.8 Å². The molecule has 3 heteroatoms. The van der Waals surface area contributed by atoms with Crippen molar-refractivity contribution in [1.29, 1.82) is 0 Å². The molecule has 1 amide bonds. The molecular formula is C17H24N2O. The Morgan fingerprint density at radius 2 is 1.95 bits per heavy atom. The summed E-state index contributed by atoms with van der Waals surface area (Å²) < 4.78 is 0. The number of rotatable bonds is 3. The monoisotopic (exact) mass is 272 g/mol. The van der Waals surface area contributed by atoms with E-state index in [1.165, 1.54) is 30.5 Å². The van der Waals surface area contributed by atoms with Crippen molar-refractivity contribution in [2.45, 2.75) is 45.1 Å². The Labute approximate surface area is 121 Å². The average Bonchev–Trinajstić information content (AvgIpc) is 2.81. The number of nitrogens with zero attached hydrogens (tertiary/aromatic N) is 2. The topological polar surface area (TPSA) is 23.6 Å². The maximum Gasteiger partial charge on any atom is 0.224 e. The summed E-state index contributed by atoms with van der Waals surface area (Å²) in [5, 5.41) is 0. The van der Waals surface area contributed by atoms with Gasteiger partial charge in [-0.15, -0.1) is 0 Å². The van der Waals surface area contributed by atoms with Gasteiger partial charge in [-0.25, -0.2) is 0 Å². The summed E-state index contributed by atoms with van der Waals surface area (Å²) >= 11 is 0. The molecule has 3 nitrogen and oxygen atoms in total. The van der Waals surface area contributed by atoms with Crippen LogP contribution < -0.4 is 4.90 Å². The number of para-hydroxylation sites is 1. The Bertz CT molecular complexity index is 480. The molecule has 2 heterocycles. The molecule has 1 atom stereocenters. The zero-order valence-corrected chi connectivity index (χ0v) is 12.3. The van der Waals surface area contributed by atoms with Crippen LogP contribution in [0.25, 0.3) is 0 Å². The number of hydrogen-bond donors (Lipinski definition) is 0. The molecule has 0 spiro atoms. The van der Waals surface area contributed by atoms with Crippen molar-refractivity contribution in [1.82, 2.24) is 4.90 Å². The molecule has 20 heavy (non-hydrogen) atoms. The van der Waals surface area contributed by atoms with Crippen LogP contribution in [0.4, 0.5) is 5.69 Å². The lowest BCUT2D eigenvalue weighted by atomic mass is 10.1. The maximum atomic E-state index is 12.3. The summed E-state index contributed by atoms with van der Waals surface area (Å²) in [6, 6.07) is 9.11. The number of benzene rings is 1. The summed E-state index contributed by atoms with van der Waals surface area (Å²) in [5.41, 5.74) is 2.75. The van der Waals surface area contributed by atoms with Gasteiger partial charge in [-0.3, -0.25) is 4.79 Å². The van der Waals surface area contributed by atoms with Gasteiger partial charge in [-0.1, -0.05) is 18.2 Å². The van der Waals surface area contributed by atoms with E-state index in [0.29, 0.717) is 18.4 Å². The van der Waals surface area contributed by atoms with E-state index in [1.807, 2.05) is 0 Å². The largest absolute Gasteiger partial charge is 0.368 e. The normalized spacial score (nSPS) is 21.9. The molecule has 0 N–H and O–H groups in total.